The van der Waals surface area contributed by atoms with E-state index < -0.39 is 4.92 Å². The Hall–Kier alpha value is -1.47. The second-order valence-corrected chi connectivity index (χ2v) is 3.51. The van der Waals surface area contributed by atoms with E-state index in [0.29, 0.717) is 19.8 Å². The second kappa shape index (κ2) is 6.97. The Morgan fingerprint density at radius 1 is 1.59 bits per heavy atom. The highest BCUT2D eigenvalue weighted by Crippen LogP contribution is 2.21. The van der Waals surface area contributed by atoms with Crippen molar-refractivity contribution in [2.45, 2.75) is 13.3 Å². The summed E-state index contributed by atoms with van der Waals surface area (Å²) in [6.07, 6.45) is 2.00. The summed E-state index contributed by atoms with van der Waals surface area (Å²) in [5.41, 5.74) is -0.204. The van der Waals surface area contributed by atoms with Crippen LogP contribution in [0.1, 0.15) is 13.3 Å². The summed E-state index contributed by atoms with van der Waals surface area (Å²) in [6, 6.07) is 0. The van der Waals surface area contributed by atoms with Crippen LogP contribution in [0.2, 0.25) is 5.28 Å². The lowest BCUT2D eigenvalue weighted by Crippen LogP contribution is -2.12. The van der Waals surface area contributed by atoms with E-state index in [1.54, 1.807) is 0 Å². The van der Waals surface area contributed by atoms with Crippen molar-refractivity contribution < 1.29 is 9.66 Å². The lowest BCUT2D eigenvalue weighted by atomic mass is 10.4. The Kier molecular flexibility index (Phi) is 5.58. The zero-order valence-corrected chi connectivity index (χ0v) is 10.1. The molecule has 8 heteroatoms. The van der Waals surface area contributed by atoms with Crippen molar-refractivity contribution in [2.75, 3.05) is 25.1 Å². The smallest absolute Gasteiger partial charge is 0.329 e. The molecule has 0 atom stereocenters. The van der Waals surface area contributed by atoms with Crippen molar-refractivity contribution >= 4 is 23.1 Å². The fourth-order valence-corrected chi connectivity index (χ4v) is 1.24. The summed E-state index contributed by atoms with van der Waals surface area (Å²) in [7, 11) is 0. The first-order valence-corrected chi connectivity index (χ1v) is 5.51. The van der Waals surface area contributed by atoms with Gasteiger partial charge in [0.1, 0.15) is 6.20 Å². The van der Waals surface area contributed by atoms with E-state index >= 15 is 0 Å². The summed E-state index contributed by atoms with van der Waals surface area (Å²) in [6.45, 7) is 3.54. The van der Waals surface area contributed by atoms with Gasteiger partial charge in [0.15, 0.2) is 0 Å². The normalized spacial score (nSPS) is 10.2. The molecule has 0 aliphatic heterocycles. The molecule has 0 aliphatic carbocycles. The molecule has 0 fully saturated rings. The van der Waals surface area contributed by atoms with Crippen LogP contribution in [0.15, 0.2) is 6.20 Å². The maximum atomic E-state index is 10.7. The molecular formula is C9H13ClN4O3. The molecule has 1 rings (SSSR count). The fourth-order valence-electron chi connectivity index (χ4n) is 1.11. The maximum Gasteiger partial charge on any atom is 0.329 e. The SMILES string of the molecule is CCCOCCNc1nc(Cl)ncc1[N+](=O)[O-]. The van der Waals surface area contributed by atoms with Crippen LogP contribution < -0.4 is 5.32 Å². The van der Waals surface area contributed by atoms with Gasteiger partial charge in [0, 0.05) is 13.2 Å². The first-order valence-electron chi connectivity index (χ1n) is 5.13. The van der Waals surface area contributed by atoms with Crippen LogP contribution in [0.5, 0.6) is 0 Å². The molecule has 0 unspecified atom stereocenters. The lowest BCUT2D eigenvalue weighted by molar-refractivity contribution is -0.384. The highest BCUT2D eigenvalue weighted by atomic mass is 35.5. The number of hydrogen-bond donors (Lipinski definition) is 1. The van der Waals surface area contributed by atoms with E-state index in [0.717, 1.165) is 12.6 Å². The van der Waals surface area contributed by atoms with Crippen molar-refractivity contribution in [1.82, 2.24) is 9.97 Å². The Morgan fingerprint density at radius 2 is 2.35 bits per heavy atom. The Bertz CT molecular complexity index is 389. The number of aromatic nitrogens is 2. The van der Waals surface area contributed by atoms with Gasteiger partial charge in [-0.05, 0) is 18.0 Å². The molecule has 1 aromatic heterocycles. The number of nitrogens with zero attached hydrogens (tertiary/aromatic N) is 3. The lowest BCUT2D eigenvalue weighted by Gasteiger charge is -2.06. The molecule has 0 saturated heterocycles. The average Bonchev–Trinajstić information content (AvgIpc) is 2.28. The maximum absolute atomic E-state index is 10.7. The largest absolute Gasteiger partial charge is 0.380 e. The van der Waals surface area contributed by atoms with Gasteiger partial charge in [-0.3, -0.25) is 10.1 Å². The predicted molar refractivity (Wildman–Crippen MR) is 63.3 cm³/mol. The van der Waals surface area contributed by atoms with E-state index in [4.69, 9.17) is 16.3 Å². The molecule has 1 N–H and O–H groups in total. The molecule has 1 heterocycles. The molecule has 0 aromatic carbocycles. The number of halogens is 1. The van der Waals surface area contributed by atoms with Gasteiger partial charge < -0.3 is 10.1 Å². The van der Waals surface area contributed by atoms with Gasteiger partial charge in [-0.2, -0.15) is 4.98 Å². The first kappa shape index (κ1) is 13.6. The highest BCUT2D eigenvalue weighted by Gasteiger charge is 2.16. The third kappa shape index (κ3) is 4.49. The van der Waals surface area contributed by atoms with Gasteiger partial charge in [0.25, 0.3) is 0 Å². The first-order chi connectivity index (χ1) is 8.15. The fraction of sp³-hybridized carbons (Fsp3) is 0.556. The zero-order chi connectivity index (χ0) is 12.7. The molecule has 1 aromatic rings. The third-order valence-corrected chi connectivity index (χ3v) is 2.01. The molecule has 94 valence electrons. The van der Waals surface area contributed by atoms with Crippen LogP contribution in [0.4, 0.5) is 11.5 Å². The number of nitrogens with one attached hydrogen (secondary N) is 1. The van der Waals surface area contributed by atoms with Crippen LogP contribution in [0.3, 0.4) is 0 Å². The number of rotatable bonds is 7. The predicted octanol–water partition coefficient (Wildman–Crippen LogP) is 1.88. The van der Waals surface area contributed by atoms with Crippen LogP contribution in [0.25, 0.3) is 0 Å². The third-order valence-electron chi connectivity index (χ3n) is 1.82. The molecular weight excluding hydrogens is 248 g/mol. The van der Waals surface area contributed by atoms with Crippen LogP contribution >= 0.6 is 11.6 Å². The second-order valence-electron chi connectivity index (χ2n) is 3.17. The van der Waals surface area contributed by atoms with E-state index in [2.05, 4.69) is 15.3 Å². The molecule has 0 amide bonds. The number of anilines is 1. The molecule has 17 heavy (non-hydrogen) atoms. The standard InChI is InChI=1S/C9H13ClN4O3/c1-2-4-17-5-3-11-8-7(14(15)16)6-12-9(10)13-8/h6H,2-5H2,1H3,(H,11,12,13). The average molecular weight is 261 g/mol. The van der Waals surface area contributed by atoms with Crippen molar-refractivity contribution in [2.24, 2.45) is 0 Å². The number of nitro groups is 1. The minimum Gasteiger partial charge on any atom is -0.380 e. The van der Waals surface area contributed by atoms with Crippen molar-refractivity contribution in [3.63, 3.8) is 0 Å². The summed E-state index contributed by atoms with van der Waals surface area (Å²) in [5.74, 6) is 0.107. The topological polar surface area (TPSA) is 90.2 Å². The van der Waals surface area contributed by atoms with Gasteiger partial charge in [0.2, 0.25) is 11.1 Å². The van der Waals surface area contributed by atoms with Crippen molar-refractivity contribution in [3.05, 3.63) is 21.6 Å². The molecule has 0 saturated carbocycles. The van der Waals surface area contributed by atoms with Gasteiger partial charge in [-0.15, -0.1) is 0 Å². The minimum absolute atomic E-state index is 0.0347. The van der Waals surface area contributed by atoms with Crippen molar-refractivity contribution in [3.8, 4) is 0 Å². The summed E-state index contributed by atoms with van der Waals surface area (Å²) in [4.78, 5) is 17.4. The monoisotopic (exact) mass is 260 g/mol. The number of hydrogen-bond acceptors (Lipinski definition) is 6. The quantitative estimate of drug-likeness (QED) is 0.348. The summed E-state index contributed by atoms with van der Waals surface area (Å²) < 4.78 is 5.23. The van der Waals surface area contributed by atoms with Crippen molar-refractivity contribution in [1.29, 1.82) is 0 Å². The van der Waals surface area contributed by atoms with Gasteiger partial charge in [0.05, 0.1) is 11.5 Å². The minimum atomic E-state index is -0.564. The van der Waals surface area contributed by atoms with E-state index in [1.165, 1.54) is 0 Å². The van der Waals surface area contributed by atoms with E-state index in [1.807, 2.05) is 6.92 Å². The Morgan fingerprint density at radius 3 is 3.00 bits per heavy atom. The summed E-state index contributed by atoms with van der Waals surface area (Å²) in [5, 5.41) is 13.4. The van der Waals surface area contributed by atoms with Crippen LogP contribution in [0, 0.1) is 10.1 Å². The molecule has 0 radical (unpaired) electrons. The molecule has 7 nitrogen and oxygen atoms in total. The number of ether oxygens (including phenoxy) is 1. The van der Waals surface area contributed by atoms with Gasteiger partial charge in [-0.1, -0.05) is 6.92 Å². The highest BCUT2D eigenvalue weighted by molar-refractivity contribution is 6.28. The Balaban J connectivity index is 2.56. The summed E-state index contributed by atoms with van der Waals surface area (Å²) >= 11 is 5.57. The van der Waals surface area contributed by atoms with Crippen LogP contribution in [-0.2, 0) is 4.74 Å². The Labute approximate surface area is 103 Å². The molecule has 0 bridgehead atoms. The van der Waals surface area contributed by atoms with Crippen LogP contribution in [-0.4, -0.2) is 34.6 Å². The zero-order valence-electron chi connectivity index (χ0n) is 9.35. The van der Waals surface area contributed by atoms with E-state index in [-0.39, 0.29) is 16.8 Å². The van der Waals surface area contributed by atoms with Gasteiger partial charge >= 0.3 is 5.69 Å². The van der Waals surface area contributed by atoms with Gasteiger partial charge in [-0.25, -0.2) is 4.98 Å². The molecule has 0 aliphatic rings. The van der Waals surface area contributed by atoms with E-state index in [9.17, 15) is 10.1 Å². The molecule has 0 spiro atoms.